The van der Waals surface area contributed by atoms with E-state index in [0.29, 0.717) is 11.1 Å². The molecule has 0 radical (unpaired) electrons. The Morgan fingerprint density at radius 3 is 2.48 bits per heavy atom. The second-order valence-corrected chi connectivity index (χ2v) is 7.09. The first-order valence-electron chi connectivity index (χ1n) is 8.22. The van der Waals surface area contributed by atoms with Crippen LogP contribution in [0.5, 0.6) is 0 Å². The van der Waals surface area contributed by atoms with Crippen molar-refractivity contribution in [1.29, 1.82) is 0 Å². The maximum atomic E-state index is 12.1. The molecule has 2 nitrogen and oxygen atoms in total. The van der Waals surface area contributed by atoms with Gasteiger partial charge < -0.3 is 0 Å². The lowest BCUT2D eigenvalue weighted by Gasteiger charge is -2.24. The number of rotatable bonds is 8. The topological polar surface area (TPSA) is 20.3 Å². The monoisotopic (exact) mass is 305 g/mol. The fourth-order valence-corrected chi connectivity index (χ4v) is 4.00. The third-order valence-corrected chi connectivity index (χ3v) is 5.32. The van der Waals surface area contributed by atoms with Crippen LogP contribution in [0.2, 0.25) is 0 Å². The summed E-state index contributed by atoms with van der Waals surface area (Å²) in [7, 11) is 0. The molecular weight excluding hydrogens is 278 g/mol. The van der Waals surface area contributed by atoms with Crippen LogP contribution in [0.3, 0.4) is 0 Å². The molecule has 3 heteroatoms. The number of thioether (sulfide) groups is 1. The van der Waals surface area contributed by atoms with Gasteiger partial charge in [-0.2, -0.15) is 0 Å². The molecule has 1 aromatic carbocycles. The van der Waals surface area contributed by atoms with Gasteiger partial charge in [0.15, 0.2) is 0 Å². The highest BCUT2D eigenvalue weighted by molar-refractivity contribution is 8.01. The fourth-order valence-electron chi connectivity index (χ4n) is 2.80. The molecule has 0 aromatic heterocycles. The van der Waals surface area contributed by atoms with Crippen molar-refractivity contribution in [3.8, 4) is 0 Å². The van der Waals surface area contributed by atoms with Crippen LogP contribution < -0.4 is 4.90 Å². The highest BCUT2D eigenvalue weighted by Gasteiger charge is 2.32. The average Bonchev–Trinajstić information content (AvgIpc) is 2.85. The molecule has 1 amide bonds. The third-order valence-electron chi connectivity index (χ3n) is 4.07. The molecule has 2 rings (SSSR count). The van der Waals surface area contributed by atoms with Crippen LogP contribution in [0.4, 0.5) is 5.69 Å². The van der Waals surface area contributed by atoms with Crippen LogP contribution in [-0.4, -0.2) is 17.0 Å². The summed E-state index contributed by atoms with van der Waals surface area (Å²) in [5, 5.41) is 0.339. The molecule has 1 aliphatic rings. The van der Waals surface area contributed by atoms with Gasteiger partial charge in [-0.1, -0.05) is 63.1 Å². The maximum absolute atomic E-state index is 12.1. The van der Waals surface area contributed by atoms with E-state index in [1.165, 1.54) is 44.1 Å². The molecule has 1 aromatic rings. The van der Waals surface area contributed by atoms with E-state index in [1.807, 2.05) is 4.90 Å². The van der Waals surface area contributed by atoms with Crippen molar-refractivity contribution in [2.75, 3.05) is 10.7 Å². The zero-order valence-electron chi connectivity index (χ0n) is 13.3. The van der Waals surface area contributed by atoms with Crippen LogP contribution >= 0.6 is 11.8 Å². The molecule has 21 heavy (non-hydrogen) atoms. The molecule has 1 fully saturated rings. The Morgan fingerprint density at radius 2 is 1.76 bits per heavy atom. The quantitative estimate of drug-likeness (QED) is 0.619. The molecule has 1 aliphatic heterocycles. The first kappa shape index (κ1) is 16.4. The van der Waals surface area contributed by atoms with E-state index in [2.05, 4.69) is 38.1 Å². The predicted molar refractivity (Wildman–Crippen MR) is 92.9 cm³/mol. The molecule has 0 spiro atoms. The van der Waals surface area contributed by atoms with Crippen molar-refractivity contribution in [3.05, 3.63) is 29.8 Å². The van der Waals surface area contributed by atoms with Gasteiger partial charge in [0.2, 0.25) is 5.91 Å². The predicted octanol–water partition coefficient (Wildman–Crippen LogP) is 5.15. The van der Waals surface area contributed by atoms with E-state index in [4.69, 9.17) is 0 Å². The minimum atomic E-state index is 0.264. The Kier molecular flexibility index (Phi) is 6.62. The highest BCUT2D eigenvalue weighted by Crippen LogP contribution is 2.33. The summed E-state index contributed by atoms with van der Waals surface area (Å²) in [5.41, 5.74) is 2.30. The second kappa shape index (κ2) is 8.47. The van der Waals surface area contributed by atoms with Crippen LogP contribution in [0, 0.1) is 6.92 Å². The summed E-state index contributed by atoms with van der Waals surface area (Å²) in [6.07, 6.45) is 9.00. The van der Waals surface area contributed by atoms with Crippen molar-refractivity contribution in [1.82, 2.24) is 0 Å². The summed E-state index contributed by atoms with van der Waals surface area (Å²) in [5.74, 6) is 0.897. The molecular formula is C18H27NOS. The normalized spacial score (nSPS) is 18.5. The van der Waals surface area contributed by atoms with Gasteiger partial charge in [-0.05, 0) is 25.5 Å². The molecule has 1 saturated heterocycles. The standard InChI is InChI=1S/C18H27NOS/c1-3-4-5-6-7-8-9-18-19(17(20)14-21-18)16-12-10-15(2)11-13-16/h10-13,18H,3-9,14H2,1-2H3. The molecule has 0 N–H and O–H groups in total. The lowest BCUT2D eigenvalue weighted by Crippen LogP contribution is -2.32. The summed E-state index contributed by atoms with van der Waals surface area (Å²) in [6, 6.07) is 8.33. The largest absolute Gasteiger partial charge is 0.299 e. The van der Waals surface area contributed by atoms with Crippen LogP contribution in [0.25, 0.3) is 0 Å². The van der Waals surface area contributed by atoms with Gasteiger partial charge in [0.25, 0.3) is 0 Å². The first-order chi connectivity index (χ1) is 10.2. The number of amides is 1. The summed E-state index contributed by atoms with van der Waals surface area (Å²) in [4.78, 5) is 14.2. The van der Waals surface area contributed by atoms with E-state index in [0.717, 1.165) is 12.1 Å². The van der Waals surface area contributed by atoms with Gasteiger partial charge in [-0.15, -0.1) is 11.8 Å². The van der Waals surface area contributed by atoms with Gasteiger partial charge in [0.05, 0.1) is 11.1 Å². The molecule has 0 bridgehead atoms. The number of carbonyl (C=O) groups is 1. The number of hydrogen-bond acceptors (Lipinski definition) is 2. The highest BCUT2D eigenvalue weighted by atomic mass is 32.2. The van der Waals surface area contributed by atoms with E-state index in [1.54, 1.807) is 11.8 Å². The van der Waals surface area contributed by atoms with Crippen molar-refractivity contribution in [2.24, 2.45) is 0 Å². The maximum Gasteiger partial charge on any atom is 0.238 e. The minimum absolute atomic E-state index is 0.264. The van der Waals surface area contributed by atoms with Crippen molar-refractivity contribution in [3.63, 3.8) is 0 Å². The molecule has 0 saturated carbocycles. The van der Waals surface area contributed by atoms with E-state index in [9.17, 15) is 4.79 Å². The van der Waals surface area contributed by atoms with Crippen molar-refractivity contribution in [2.45, 2.75) is 64.2 Å². The number of carbonyl (C=O) groups excluding carboxylic acids is 1. The lowest BCUT2D eigenvalue weighted by atomic mass is 10.1. The Morgan fingerprint density at radius 1 is 1.10 bits per heavy atom. The Bertz CT molecular complexity index is 443. The van der Waals surface area contributed by atoms with Gasteiger partial charge in [-0.25, -0.2) is 0 Å². The van der Waals surface area contributed by atoms with Gasteiger partial charge in [0, 0.05) is 5.69 Å². The Hall–Kier alpha value is -0.960. The van der Waals surface area contributed by atoms with Crippen molar-refractivity contribution < 1.29 is 4.79 Å². The zero-order valence-corrected chi connectivity index (χ0v) is 14.1. The molecule has 1 unspecified atom stereocenters. The van der Waals surface area contributed by atoms with Crippen LogP contribution in [0.1, 0.15) is 57.4 Å². The van der Waals surface area contributed by atoms with Gasteiger partial charge in [-0.3, -0.25) is 9.69 Å². The number of aryl methyl sites for hydroxylation is 1. The zero-order chi connectivity index (χ0) is 15.1. The van der Waals surface area contributed by atoms with Gasteiger partial charge in [0.1, 0.15) is 0 Å². The fraction of sp³-hybridized carbons (Fsp3) is 0.611. The molecule has 1 atom stereocenters. The van der Waals surface area contributed by atoms with E-state index in [-0.39, 0.29) is 5.91 Å². The number of anilines is 1. The summed E-state index contributed by atoms with van der Waals surface area (Å²) in [6.45, 7) is 4.33. The number of unbranched alkanes of at least 4 members (excludes halogenated alkanes) is 5. The van der Waals surface area contributed by atoms with Gasteiger partial charge >= 0.3 is 0 Å². The van der Waals surface area contributed by atoms with E-state index < -0.39 is 0 Å². The average molecular weight is 305 g/mol. The second-order valence-electron chi connectivity index (χ2n) is 5.92. The van der Waals surface area contributed by atoms with E-state index >= 15 is 0 Å². The number of hydrogen-bond donors (Lipinski definition) is 0. The van der Waals surface area contributed by atoms with Crippen LogP contribution in [0.15, 0.2) is 24.3 Å². The Balaban J connectivity index is 1.84. The smallest absolute Gasteiger partial charge is 0.238 e. The summed E-state index contributed by atoms with van der Waals surface area (Å²) < 4.78 is 0. The molecule has 1 heterocycles. The molecule has 116 valence electrons. The molecule has 0 aliphatic carbocycles. The number of nitrogens with zero attached hydrogens (tertiary/aromatic N) is 1. The van der Waals surface area contributed by atoms with Crippen molar-refractivity contribution >= 4 is 23.4 Å². The lowest BCUT2D eigenvalue weighted by molar-refractivity contribution is -0.115. The third kappa shape index (κ3) is 4.77. The summed E-state index contributed by atoms with van der Waals surface area (Å²) >= 11 is 1.80. The Labute approximate surface area is 133 Å². The number of benzene rings is 1. The van der Waals surface area contributed by atoms with Crippen LogP contribution in [-0.2, 0) is 4.79 Å². The SMILES string of the molecule is CCCCCCCCC1SCC(=O)N1c1ccc(C)cc1. The minimum Gasteiger partial charge on any atom is -0.299 e. The first-order valence-corrected chi connectivity index (χ1v) is 9.27.